The van der Waals surface area contributed by atoms with Crippen molar-refractivity contribution >= 4 is 23.4 Å². The molecule has 0 unspecified atom stereocenters. The van der Waals surface area contributed by atoms with Gasteiger partial charge in [0, 0.05) is 23.5 Å². The van der Waals surface area contributed by atoms with Crippen molar-refractivity contribution in [2.24, 2.45) is 10.7 Å². The lowest BCUT2D eigenvalue weighted by Gasteiger charge is -2.11. The fraction of sp³-hybridized carbons (Fsp3) is 0.300. The zero-order chi connectivity index (χ0) is 20.5. The molecule has 2 aromatic carbocycles. The number of ether oxygens (including phenoxy) is 2. The number of anilines is 2. The van der Waals surface area contributed by atoms with Gasteiger partial charge in [0.2, 0.25) is 0 Å². The van der Waals surface area contributed by atoms with E-state index in [1.54, 1.807) is 26.4 Å². The van der Waals surface area contributed by atoms with Crippen LogP contribution in [0.2, 0.25) is 0 Å². The molecular weight excluding hydrogens is 358 g/mol. The van der Waals surface area contributed by atoms with E-state index in [1.807, 2.05) is 44.2 Å². The summed E-state index contributed by atoms with van der Waals surface area (Å²) in [6.45, 7) is 4.22. The smallest absolute Gasteiger partial charge is 0.319 e. The molecule has 0 aliphatic rings. The molecule has 28 heavy (non-hydrogen) atoms. The van der Waals surface area contributed by atoms with E-state index in [0.717, 1.165) is 11.3 Å². The molecule has 0 radical (unpaired) electrons. The molecule has 0 saturated carbocycles. The number of methoxy groups -OCH3 is 2. The van der Waals surface area contributed by atoms with Gasteiger partial charge in [0.05, 0.1) is 20.8 Å². The average Bonchev–Trinajstić information content (AvgIpc) is 2.66. The van der Waals surface area contributed by atoms with Crippen molar-refractivity contribution in [1.29, 1.82) is 0 Å². The number of hydrogen-bond donors (Lipinski definition) is 4. The maximum atomic E-state index is 11.7. The second-order valence-corrected chi connectivity index (χ2v) is 6.35. The lowest BCUT2D eigenvalue weighted by molar-refractivity contribution is 0.250. The van der Waals surface area contributed by atoms with Gasteiger partial charge >= 0.3 is 6.03 Å². The third-order valence-corrected chi connectivity index (χ3v) is 3.72. The van der Waals surface area contributed by atoms with E-state index in [-0.39, 0.29) is 18.0 Å². The predicted octanol–water partition coefficient (Wildman–Crippen LogP) is 3.16. The Bertz CT molecular complexity index is 819. The zero-order valence-corrected chi connectivity index (χ0v) is 16.6. The number of guanidine groups is 1. The molecule has 0 atom stereocenters. The molecule has 0 heterocycles. The summed E-state index contributed by atoms with van der Waals surface area (Å²) < 4.78 is 10.5. The van der Waals surface area contributed by atoms with E-state index >= 15 is 0 Å². The van der Waals surface area contributed by atoms with Gasteiger partial charge in [-0.25, -0.2) is 9.79 Å². The van der Waals surface area contributed by atoms with Crippen molar-refractivity contribution in [1.82, 2.24) is 5.32 Å². The van der Waals surface area contributed by atoms with E-state index in [0.29, 0.717) is 23.7 Å². The van der Waals surface area contributed by atoms with Crippen LogP contribution in [0.4, 0.5) is 16.2 Å². The van der Waals surface area contributed by atoms with Crippen molar-refractivity contribution in [3.63, 3.8) is 0 Å². The number of benzene rings is 2. The van der Waals surface area contributed by atoms with Crippen LogP contribution in [-0.2, 0) is 6.54 Å². The third kappa shape index (κ3) is 6.39. The molecule has 8 heteroatoms. The number of rotatable bonds is 7. The molecule has 2 rings (SSSR count). The van der Waals surface area contributed by atoms with Gasteiger partial charge in [0.1, 0.15) is 0 Å². The molecule has 0 aromatic heterocycles. The molecule has 5 N–H and O–H groups in total. The summed E-state index contributed by atoms with van der Waals surface area (Å²) in [5, 5.41) is 8.56. The molecule has 0 aliphatic carbocycles. The Labute approximate surface area is 165 Å². The molecule has 2 amide bonds. The molecule has 0 spiro atoms. The van der Waals surface area contributed by atoms with Gasteiger partial charge in [-0.2, -0.15) is 0 Å². The van der Waals surface area contributed by atoms with Crippen molar-refractivity contribution in [3.05, 3.63) is 48.0 Å². The van der Waals surface area contributed by atoms with Crippen molar-refractivity contribution in [2.45, 2.75) is 26.4 Å². The van der Waals surface area contributed by atoms with Crippen LogP contribution >= 0.6 is 0 Å². The minimum absolute atomic E-state index is 0.0785. The normalized spacial score (nSPS) is 11.1. The first-order valence-corrected chi connectivity index (χ1v) is 8.86. The Kier molecular flexibility index (Phi) is 7.50. The van der Waals surface area contributed by atoms with E-state index in [2.05, 4.69) is 20.9 Å². The van der Waals surface area contributed by atoms with Gasteiger partial charge in [-0.3, -0.25) is 0 Å². The van der Waals surface area contributed by atoms with E-state index in [1.165, 1.54) is 0 Å². The predicted molar refractivity (Wildman–Crippen MR) is 112 cm³/mol. The van der Waals surface area contributed by atoms with E-state index in [9.17, 15) is 4.79 Å². The maximum Gasteiger partial charge on any atom is 0.319 e. The summed E-state index contributed by atoms with van der Waals surface area (Å²) >= 11 is 0. The van der Waals surface area contributed by atoms with Crippen LogP contribution in [0.15, 0.2) is 47.5 Å². The molecule has 8 nitrogen and oxygen atoms in total. The number of nitrogens with one attached hydrogen (secondary N) is 3. The van der Waals surface area contributed by atoms with Crippen LogP contribution in [0, 0.1) is 0 Å². The van der Waals surface area contributed by atoms with Gasteiger partial charge in [0.15, 0.2) is 17.5 Å². The lowest BCUT2D eigenvalue weighted by Crippen LogP contribution is -2.34. The van der Waals surface area contributed by atoms with Crippen LogP contribution < -0.4 is 31.2 Å². The quantitative estimate of drug-likeness (QED) is 0.432. The van der Waals surface area contributed by atoms with Crippen molar-refractivity contribution in [2.75, 3.05) is 24.9 Å². The van der Waals surface area contributed by atoms with Crippen LogP contribution in [0.1, 0.15) is 19.4 Å². The summed E-state index contributed by atoms with van der Waals surface area (Å²) in [5.74, 6) is 1.52. The largest absolute Gasteiger partial charge is 0.493 e. The summed E-state index contributed by atoms with van der Waals surface area (Å²) in [4.78, 5) is 16.0. The minimum atomic E-state index is -0.232. The molecule has 0 aliphatic heterocycles. The minimum Gasteiger partial charge on any atom is -0.493 e. The first-order chi connectivity index (χ1) is 13.4. The van der Waals surface area contributed by atoms with Gasteiger partial charge in [-0.1, -0.05) is 12.1 Å². The summed E-state index contributed by atoms with van der Waals surface area (Å²) in [7, 11) is 3.16. The van der Waals surface area contributed by atoms with E-state index in [4.69, 9.17) is 15.2 Å². The first-order valence-electron chi connectivity index (χ1n) is 8.86. The first kappa shape index (κ1) is 20.9. The SMILES string of the molecule is COc1ccc(NC(N)=NCc2ccc(NC(=O)NC(C)C)cc2)cc1OC. The molecule has 0 saturated heterocycles. The number of hydrogen-bond acceptors (Lipinski definition) is 4. The van der Waals surface area contributed by atoms with Gasteiger partial charge in [-0.05, 0) is 43.7 Å². The van der Waals surface area contributed by atoms with Crippen LogP contribution in [-0.4, -0.2) is 32.3 Å². The number of nitrogens with two attached hydrogens (primary N) is 1. The summed E-state index contributed by atoms with van der Waals surface area (Å²) in [6.07, 6.45) is 0. The third-order valence-electron chi connectivity index (χ3n) is 3.72. The second kappa shape index (κ2) is 10.1. The van der Waals surface area contributed by atoms with Crippen molar-refractivity contribution in [3.8, 4) is 11.5 Å². The number of carbonyl (C=O) groups is 1. The number of amides is 2. The van der Waals surface area contributed by atoms with Crippen LogP contribution in [0.25, 0.3) is 0 Å². The standard InChI is InChI=1S/C20H27N5O3/c1-13(2)23-20(26)25-15-7-5-14(6-8-15)12-22-19(21)24-16-9-10-17(27-3)18(11-16)28-4/h5-11,13H,12H2,1-4H3,(H3,21,22,24)(H2,23,25,26). The number of nitrogens with zero attached hydrogens (tertiary/aromatic N) is 1. The summed E-state index contributed by atoms with van der Waals surface area (Å²) in [5.41, 5.74) is 8.38. The highest BCUT2D eigenvalue weighted by Crippen LogP contribution is 2.29. The highest BCUT2D eigenvalue weighted by Gasteiger charge is 2.05. The Hall–Kier alpha value is -3.42. The Morgan fingerprint density at radius 2 is 1.64 bits per heavy atom. The Balaban J connectivity index is 1.93. The molecule has 0 fully saturated rings. The summed E-state index contributed by atoms with van der Waals surface area (Å²) in [6, 6.07) is 12.7. The van der Waals surface area contributed by atoms with Gasteiger partial charge in [0.25, 0.3) is 0 Å². The Morgan fingerprint density at radius 1 is 1.00 bits per heavy atom. The second-order valence-electron chi connectivity index (χ2n) is 6.35. The zero-order valence-electron chi connectivity index (χ0n) is 16.6. The molecule has 150 valence electrons. The molecular formula is C20H27N5O3. The fourth-order valence-electron chi connectivity index (χ4n) is 2.40. The van der Waals surface area contributed by atoms with Crippen LogP contribution in [0.3, 0.4) is 0 Å². The lowest BCUT2D eigenvalue weighted by atomic mass is 10.2. The number of urea groups is 1. The van der Waals surface area contributed by atoms with Crippen LogP contribution in [0.5, 0.6) is 11.5 Å². The number of carbonyl (C=O) groups excluding carboxylic acids is 1. The monoisotopic (exact) mass is 385 g/mol. The Morgan fingerprint density at radius 3 is 2.25 bits per heavy atom. The molecule has 2 aromatic rings. The van der Waals surface area contributed by atoms with Gasteiger partial charge < -0.3 is 31.2 Å². The fourth-order valence-corrected chi connectivity index (χ4v) is 2.40. The maximum absolute atomic E-state index is 11.7. The number of aliphatic imine (C=N–C) groups is 1. The van der Waals surface area contributed by atoms with E-state index < -0.39 is 0 Å². The highest BCUT2D eigenvalue weighted by molar-refractivity contribution is 5.92. The van der Waals surface area contributed by atoms with Gasteiger partial charge in [-0.15, -0.1) is 0 Å². The average molecular weight is 385 g/mol. The molecule has 0 bridgehead atoms. The highest BCUT2D eigenvalue weighted by atomic mass is 16.5. The van der Waals surface area contributed by atoms with Crippen molar-refractivity contribution < 1.29 is 14.3 Å². The topological polar surface area (TPSA) is 110 Å².